The number of pyridine rings is 1. The van der Waals surface area contributed by atoms with E-state index in [1.165, 1.54) is 16.2 Å². The van der Waals surface area contributed by atoms with Gasteiger partial charge in [0.15, 0.2) is 0 Å². The Morgan fingerprint density at radius 1 is 1.37 bits per heavy atom. The lowest BCUT2D eigenvalue weighted by atomic mass is 10.2. The van der Waals surface area contributed by atoms with Crippen molar-refractivity contribution < 1.29 is 9.90 Å². The summed E-state index contributed by atoms with van der Waals surface area (Å²) in [6.45, 7) is 6.35. The molecule has 3 heterocycles. The number of carbonyl (C=O) groups excluding carboxylic acids is 1. The number of hydrogen-bond acceptors (Lipinski definition) is 7. The summed E-state index contributed by atoms with van der Waals surface area (Å²) in [6, 6.07) is 3.41. The normalized spacial score (nSPS) is 16.7. The Morgan fingerprint density at radius 2 is 2.13 bits per heavy atom. The maximum atomic E-state index is 13.3. The first kappa shape index (κ1) is 22.5. The number of carbonyl (C=O) groups is 1. The van der Waals surface area contributed by atoms with E-state index >= 15 is 0 Å². The number of hydrogen-bond donors (Lipinski definition) is 2. The van der Waals surface area contributed by atoms with Crippen LogP contribution in [0.2, 0.25) is 0 Å². The average Bonchev–Trinajstić information content (AvgIpc) is 3.00. The van der Waals surface area contributed by atoms with Crippen molar-refractivity contribution in [1.29, 1.82) is 0 Å². The molecule has 1 aliphatic rings. The highest BCUT2D eigenvalue weighted by Crippen LogP contribution is 2.33. The minimum absolute atomic E-state index is 0.0934. The molecule has 0 unspecified atom stereocenters. The van der Waals surface area contributed by atoms with Crippen LogP contribution in [0.25, 0.3) is 11.7 Å². The summed E-state index contributed by atoms with van der Waals surface area (Å²) in [4.78, 5) is 32.8. The van der Waals surface area contributed by atoms with Gasteiger partial charge in [-0.25, -0.2) is 4.98 Å². The van der Waals surface area contributed by atoms with Crippen LogP contribution in [0.3, 0.4) is 0 Å². The molecule has 3 rings (SSSR count). The van der Waals surface area contributed by atoms with Crippen molar-refractivity contribution in [2.75, 3.05) is 18.5 Å². The van der Waals surface area contributed by atoms with E-state index in [1.54, 1.807) is 23.2 Å². The fraction of sp³-hybridized carbons (Fsp3) is 0.429. The lowest BCUT2D eigenvalue weighted by Gasteiger charge is -2.17. The molecule has 1 aliphatic heterocycles. The van der Waals surface area contributed by atoms with Gasteiger partial charge in [-0.05, 0) is 37.5 Å². The molecule has 1 amide bonds. The molecule has 1 fully saturated rings. The van der Waals surface area contributed by atoms with Crippen molar-refractivity contribution in [3.8, 4) is 0 Å². The summed E-state index contributed by atoms with van der Waals surface area (Å²) < 4.78 is 1.98. The van der Waals surface area contributed by atoms with Gasteiger partial charge in [0.05, 0.1) is 23.1 Å². The highest BCUT2D eigenvalue weighted by Gasteiger charge is 2.32. The van der Waals surface area contributed by atoms with E-state index in [9.17, 15) is 14.7 Å². The standard InChI is InChI=1S/C21H26N4O3S2/c1-4-6-9-25-20(28)16(30-21(25)29)11-15-17(22-14(5-2)12-26)23-18-13(3)8-7-10-24(18)19(15)27/h7-8,10-11,14,22,26H,4-6,9,12H2,1-3H3/b16-11-/t14-/m0/s1. The second-order valence-electron chi connectivity index (χ2n) is 7.18. The van der Waals surface area contributed by atoms with E-state index in [0.29, 0.717) is 33.7 Å². The van der Waals surface area contributed by atoms with Crippen LogP contribution in [-0.2, 0) is 4.79 Å². The highest BCUT2D eigenvalue weighted by molar-refractivity contribution is 8.26. The zero-order chi connectivity index (χ0) is 21.8. The molecule has 160 valence electrons. The maximum absolute atomic E-state index is 13.3. The predicted octanol–water partition coefficient (Wildman–Crippen LogP) is 3.19. The minimum Gasteiger partial charge on any atom is -0.394 e. The largest absolute Gasteiger partial charge is 0.394 e. The van der Waals surface area contributed by atoms with Gasteiger partial charge in [0.1, 0.15) is 15.8 Å². The number of nitrogens with zero attached hydrogens (tertiary/aromatic N) is 3. The molecule has 1 atom stereocenters. The van der Waals surface area contributed by atoms with Crippen molar-refractivity contribution in [1.82, 2.24) is 14.3 Å². The minimum atomic E-state index is -0.280. The van der Waals surface area contributed by atoms with E-state index in [1.807, 2.05) is 19.9 Å². The lowest BCUT2D eigenvalue weighted by molar-refractivity contribution is -0.122. The SMILES string of the molecule is CCCCN1C(=O)/C(=C/c2c(N[C@@H](CC)CO)nc3c(C)cccn3c2=O)SC1=S. The average molecular weight is 447 g/mol. The highest BCUT2D eigenvalue weighted by atomic mass is 32.2. The summed E-state index contributed by atoms with van der Waals surface area (Å²) in [6.07, 6.45) is 5.71. The third kappa shape index (κ3) is 4.43. The van der Waals surface area contributed by atoms with Crippen LogP contribution < -0.4 is 10.9 Å². The van der Waals surface area contributed by atoms with Crippen molar-refractivity contribution in [2.24, 2.45) is 0 Å². The Kier molecular flexibility index (Phi) is 7.27. The summed E-state index contributed by atoms with van der Waals surface area (Å²) in [7, 11) is 0. The first-order valence-corrected chi connectivity index (χ1v) is 11.3. The number of nitrogens with one attached hydrogen (secondary N) is 1. The Morgan fingerprint density at radius 3 is 2.80 bits per heavy atom. The Hall–Kier alpha value is -2.23. The summed E-state index contributed by atoms with van der Waals surface area (Å²) in [5.74, 6) is 0.168. The number of aliphatic hydroxyl groups excluding tert-OH is 1. The van der Waals surface area contributed by atoms with E-state index in [0.717, 1.165) is 18.4 Å². The molecule has 0 saturated carbocycles. The molecule has 0 spiro atoms. The number of unbranched alkanes of at least 4 members (excludes halogenated alkanes) is 1. The molecular weight excluding hydrogens is 420 g/mol. The molecule has 2 aromatic heterocycles. The Bertz CT molecular complexity index is 1060. The van der Waals surface area contributed by atoms with Crippen LogP contribution in [0.1, 0.15) is 44.2 Å². The number of anilines is 1. The van der Waals surface area contributed by atoms with Crippen molar-refractivity contribution in [3.05, 3.63) is 44.7 Å². The fourth-order valence-electron chi connectivity index (χ4n) is 3.16. The zero-order valence-corrected chi connectivity index (χ0v) is 19.0. The molecule has 0 bridgehead atoms. The Balaban J connectivity index is 2.13. The molecule has 7 nitrogen and oxygen atoms in total. The van der Waals surface area contributed by atoms with Crippen LogP contribution >= 0.6 is 24.0 Å². The maximum Gasteiger partial charge on any atom is 0.267 e. The van der Waals surface area contributed by atoms with Crippen LogP contribution in [0.4, 0.5) is 5.82 Å². The van der Waals surface area contributed by atoms with Gasteiger partial charge in [0.25, 0.3) is 11.5 Å². The number of aryl methyl sites for hydroxylation is 1. The van der Waals surface area contributed by atoms with Gasteiger partial charge in [-0.1, -0.05) is 50.3 Å². The van der Waals surface area contributed by atoms with E-state index < -0.39 is 0 Å². The monoisotopic (exact) mass is 446 g/mol. The molecule has 0 aromatic carbocycles. The van der Waals surface area contributed by atoms with E-state index in [4.69, 9.17) is 12.2 Å². The molecule has 30 heavy (non-hydrogen) atoms. The lowest BCUT2D eigenvalue weighted by Crippen LogP contribution is -2.29. The number of thioether (sulfide) groups is 1. The molecule has 1 saturated heterocycles. The van der Waals surface area contributed by atoms with E-state index in [-0.39, 0.29) is 29.7 Å². The van der Waals surface area contributed by atoms with Gasteiger partial charge in [-0.3, -0.25) is 18.9 Å². The fourth-order valence-corrected chi connectivity index (χ4v) is 4.45. The zero-order valence-electron chi connectivity index (χ0n) is 17.3. The quantitative estimate of drug-likeness (QED) is 0.476. The van der Waals surface area contributed by atoms with Gasteiger partial charge in [0, 0.05) is 12.7 Å². The summed E-state index contributed by atoms with van der Waals surface area (Å²) >= 11 is 6.57. The molecule has 2 aromatic rings. The molecule has 2 N–H and O–H groups in total. The van der Waals surface area contributed by atoms with Crippen LogP contribution in [0, 0.1) is 6.92 Å². The van der Waals surface area contributed by atoms with Crippen molar-refractivity contribution in [3.63, 3.8) is 0 Å². The molecular formula is C21H26N4O3S2. The number of thiocarbonyl (C=S) groups is 1. The number of fused-ring (bicyclic) bond motifs is 1. The number of aromatic nitrogens is 2. The van der Waals surface area contributed by atoms with E-state index in [2.05, 4.69) is 17.2 Å². The first-order chi connectivity index (χ1) is 14.4. The van der Waals surface area contributed by atoms with Crippen LogP contribution in [-0.4, -0.2) is 48.8 Å². The van der Waals surface area contributed by atoms with Crippen LogP contribution in [0.15, 0.2) is 28.0 Å². The second kappa shape index (κ2) is 9.72. The van der Waals surface area contributed by atoms with Gasteiger partial charge in [-0.2, -0.15) is 0 Å². The third-order valence-corrected chi connectivity index (χ3v) is 6.40. The first-order valence-electron chi connectivity index (χ1n) is 10.1. The van der Waals surface area contributed by atoms with Crippen LogP contribution in [0.5, 0.6) is 0 Å². The number of aliphatic hydroxyl groups is 1. The van der Waals surface area contributed by atoms with Gasteiger partial charge in [0.2, 0.25) is 0 Å². The summed E-state index contributed by atoms with van der Waals surface area (Å²) in [5, 5.41) is 12.8. The smallest absolute Gasteiger partial charge is 0.267 e. The van der Waals surface area contributed by atoms with Gasteiger partial charge in [-0.15, -0.1) is 0 Å². The Labute approximate surface area is 185 Å². The third-order valence-electron chi connectivity index (χ3n) is 5.02. The topological polar surface area (TPSA) is 86.9 Å². The molecule has 9 heteroatoms. The number of rotatable bonds is 8. The molecule has 0 radical (unpaired) electrons. The second-order valence-corrected chi connectivity index (χ2v) is 8.86. The number of amides is 1. The van der Waals surface area contributed by atoms with Crippen molar-refractivity contribution >= 4 is 51.7 Å². The van der Waals surface area contributed by atoms with Gasteiger partial charge < -0.3 is 10.4 Å². The van der Waals surface area contributed by atoms with Crippen molar-refractivity contribution in [2.45, 2.75) is 46.1 Å². The van der Waals surface area contributed by atoms with Gasteiger partial charge >= 0.3 is 0 Å². The summed E-state index contributed by atoms with van der Waals surface area (Å²) in [5.41, 5.74) is 1.39. The molecule has 0 aliphatic carbocycles. The predicted molar refractivity (Wildman–Crippen MR) is 126 cm³/mol.